The lowest BCUT2D eigenvalue weighted by molar-refractivity contribution is 0.670. The van der Waals surface area contributed by atoms with Gasteiger partial charge in [0.1, 0.15) is 11.2 Å². The summed E-state index contributed by atoms with van der Waals surface area (Å²) >= 11 is 0. The molecule has 15 rings (SSSR count). The number of furan rings is 1. The lowest BCUT2D eigenvalue weighted by atomic mass is 9.94. The number of pyridine rings is 3. The summed E-state index contributed by atoms with van der Waals surface area (Å²) in [6, 6.07) is 105. The molecule has 0 bridgehead atoms. The van der Waals surface area contributed by atoms with Crippen molar-refractivity contribution < 1.29 is 9.90 Å². The van der Waals surface area contributed by atoms with E-state index in [9.17, 15) is 1.37 Å². The highest BCUT2D eigenvalue weighted by Gasteiger charge is 2.43. The first-order valence-corrected chi connectivity index (χ1v) is 32.0. The third-order valence-electron chi connectivity index (χ3n) is 16.6. The summed E-state index contributed by atoms with van der Waals surface area (Å²) in [5.41, 5.74) is 8.11. The van der Waals surface area contributed by atoms with Gasteiger partial charge in [-0.1, -0.05) is 279 Å². The average Bonchev–Trinajstić information content (AvgIpc) is 1.45. The number of rotatable bonds is 12. The second kappa shape index (κ2) is 20.9. The van der Waals surface area contributed by atoms with E-state index in [0.29, 0.717) is 28.0 Å². The predicted molar refractivity (Wildman–Crippen MR) is 351 cm³/mol. The van der Waals surface area contributed by atoms with Gasteiger partial charge in [0.15, 0.2) is 16.1 Å². The first-order valence-electron chi connectivity index (χ1n) is 30.0. The molecule has 0 radical (unpaired) electrons. The third-order valence-corrected chi connectivity index (χ3v) is 26.2. The molecule has 83 heavy (non-hydrogen) atoms. The molecule has 0 atom stereocenters. The van der Waals surface area contributed by atoms with E-state index in [1.165, 1.54) is 41.5 Å². The van der Waals surface area contributed by atoms with Crippen LogP contribution in [0.4, 0.5) is 0 Å². The Morgan fingerprint density at radius 1 is 0.301 bits per heavy atom. The molecule has 0 fully saturated rings. The van der Waals surface area contributed by atoms with Crippen molar-refractivity contribution in [3.8, 4) is 44.9 Å². The van der Waals surface area contributed by atoms with Crippen LogP contribution >= 0.6 is 0 Å². The number of para-hydroxylation sites is 2. The van der Waals surface area contributed by atoms with Crippen LogP contribution in [0, 0.1) is 0 Å². The molecule has 11 aromatic carbocycles. The molecule has 0 aliphatic heterocycles. The molecular weight excluding hydrogens is 1040 g/mol. The molecule has 0 N–H and O–H groups in total. The Labute approximate surface area is 490 Å². The van der Waals surface area contributed by atoms with Crippen LogP contribution in [-0.4, -0.2) is 31.1 Å². The Morgan fingerprint density at radius 2 is 0.699 bits per heavy atom. The van der Waals surface area contributed by atoms with Crippen LogP contribution in [0.25, 0.3) is 88.6 Å². The zero-order valence-electron chi connectivity index (χ0n) is 49.0. The molecule has 4 heterocycles. The number of hydrogen-bond acceptors (Lipinski definition) is 4. The molecule has 0 spiro atoms. The third kappa shape index (κ3) is 8.37. The van der Waals surface area contributed by atoms with Gasteiger partial charge in [0.05, 0.1) is 33.6 Å². The van der Waals surface area contributed by atoms with Crippen LogP contribution in [0.3, 0.4) is 0 Å². The van der Waals surface area contributed by atoms with Crippen molar-refractivity contribution in [1.82, 2.24) is 15.0 Å². The van der Waals surface area contributed by atoms with E-state index < -0.39 is 28.4 Å². The minimum Gasteiger partial charge on any atom is -0.455 e. The minimum atomic E-state index is -3.04. The highest BCUT2D eigenvalue weighted by Crippen LogP contribution is 2.42. The van der Waals surface area contributed by atoms with Crippen LogP contribution in [0.5, 0.6) is 0 Å². The van der Waals surface area contributed by atoms with Crippen molar-refractivity contribution in [2.75, 3.05) is 0 Å². The molecule has 0 amide bonds. The van der Waals surface area contributed by atoms with E-state index in [2.05, 4.69) is 278 Å². The van der Waals surface area contributed by atoms with Crippen molar-refractivity contribution in [2.45, 2.75) is 0 Å². The van der Waals surface area contributed by atoms with Crippen LogP contribution in [0.15, 0.2) is 326 Å². The Morgan fingerprint density at radius 3 is 1.18 bits per heavy atom. The Kier molecular flexibility index (Phi) is 11.4. The van der Waals surface area contributed by atoms with E-state index in [1.54, 1.807) is 0 Å². The SMILES string of the molecule is [2H]c1nc(-c2cc(-c3cccc([Si](c4ccccc4)(c4ccccc4)c4ccccc4)c3)c3ccc4c(-c5cccc([Si](c6ccccc6)(c6ccccc6)c6ccccc6)c5)cc(-c5cccc6c5oc5ccccc56)nc4c3n2)c([2H])c([2H])c1[2H]. The van der Waals surface area contributed by atoms with Gasteiger partial charge in [-0.2, -0.15) is 0 Å². The van der Waals surface area contributed by atoms with Crippen molar-refractivity contribution >= 4 is 101 Å². The summed E-state index contributed by atoms with van der Waals surface area (Å²) in [5, 5.41) is 13.5. The number of fused-ring (bicyclic) bond motifs is 6. The average molecular weight is 1100 g/mol. The maximum Gasteiger partial charge on any atom is 0.179 e. The molecule has 6 heteroatoms. The van der Waals surface area contributed by atoms with E-state index >= 15 is 0 Å². The van der Waals surface area contributed by atoms with E-state index in [0.717, 1.165) is 54.9 Å². The van der Waals surface area contributed by atoms with Gasteiger partial charge < -0.3 is 4.42 Å². The zero-order chi connectivity index (χ0) is 58.6. The summed E-state index contributed by atoms with van der Waals surface area (Å²) in [7, 11) is -6.05. The van der Waals surface area contributed by atoms with Crippen LogP contribution in [-0.2, 0) is 0 Å². The molecule has 0 aliphatic carbocycles. The highest BCUT2D eigenvalue weighted by molar-refractivity contribution is 7.20. The van der Waals surface area contributed by atoms with Gasteiger partial charge >= 0.3 is 0 Å². The Hall–Kier alpha value is -10.4. The highest BCUT2D eigenvalue weighted by atomic mass is 28.3. The quantitative estimate of drug-likeness (QED) is 0.0695. The van der Waals surface area contributed by atoms with Gasteiger partial charge in [0.25, 0.3) is 0 Å². The van der Waals surface area contributed by atoms with Crippen molar-refractivity contribution in [1.29, 1.82) is 0 Å². The molecule has 4 aromatic heterocycles. The second-order valence-electron chi connectivity index (χ2n) is 21.1. The normalized spacial score (nSPS) is 12.5. The predicted octanol–water partition coefficient (Wildman–Crippen LogP) is 13.5. The van der Waals surface area contributed by atoms with Gasteiger partial charge in [-0.05, 0) is 100 Å². The van der Waals surface area contributed by atoms with Gasteiger partial charge in [-0.15, -0.1) is 0 Å². The first kappa shape index (κ1) is 45.4. The van der Waals surface area contributed by atoms with Crippen molar-refractivity contribution in [3.63, 3.8) is 0 Å². The van der Waals surface area contributed by atoms with Crippen molar-refractivity contribution in [3.05, 3.63) is 322 Å². The minimum absolute atomic E-state index is 0.0408. The van der Waals surface area contributed by atoms with Crippen LogP contribution < -0.4 is 41.5 Å². The smallest absolute Gasteiger partial charge is 0.179 e. The summed E-state index contributed by atoms with van der Waals surface area (Å²) in [5.74, 6) is 0. The van der Waals surface area contributed by atoms with Gasteiger partial charge in [0, 0.05) is 33.3 Å². The lowest BCUT2D eigenvalue weighted by Crippen LogP contribution is -2.74. The maximum absolute atomic E-state index is 9.38. The fourth-order valence-electron chi connectivity index (χ4n) is 13.0. The Balaban J connectivity index is 1.05. The molecule has 4 nitrogen and oxygen atoms in total. The van der Waals surface area contributed by atoms with E-state index in [1.807, 2.05) is 24.3 Å². The lowest BCUT2D eigenvalue weighted by Gasteiger charge is -2.34. The Bertz CT molecular complexity index is 4900. The molecular formula is C77H53N3OSi2. The number of benzene rings is 11. The zero-order valence-corrected chi connectivity index (χ0v) is 47.0. The first-order chi connectivity index (χ1) is 42.8. The number of nitrogens with zero attached hydrogens (tertiary/aromatic N) is 3. The molecule has 0 saturated heterocycles. The number of aromatic nitrogens is 3. The van der Waals surface area contributed by atoms with Crippen LogP contribution in [0.2, 0.25) is 0 Å². The molecule has 0 unspecified atom stereocenters. The fraction of sp³-hybridized carbons (Fsp3) is 0. The maximum atomic E-state index is 9.38. The standard InChI is InChI=1S/C77H53N3OSi2/c1-7-28-56(29-8-1)82(57-30-9-2-10-31-57,58-32-11-3-12-33-58)62-40-23-26-54(50-62)69-52-72(68-44-25-43-67-64-42-19-20-46-74(64)81-77(67)68)79-75-65(69)47-48-66-70(53-73(80-76(66)75)71-45-21-22-49-78-71)55-27-24-41-63(51-55)83(59-34-13-4-14-35-59,60-36-15-5-16-37-60)61-38-17-6-18-39-61/h1-53H/i21D,22D,45D,49D. The van der Waals surface area contributed by atoms with Crippen LogP contribution in [0.1, 0.15) is 5.48 Å². The topological polar surface area (TPSA) is 51.8 Å². The fourth-order valence-corrected chi connectivity index (χ4v) is 22.6. The largest absolute Gasteiger partial charge is 0.455 e. The molecule has 390 valence electrons. The van der Waals surface area contributed by atoms with Crippen molar-refractivity contribution in [2.24, 2.45) is 0 Å². The monoisotopic (exact) mass is 1100 g/mol. The molecule has 0 aliphatic rings. The number of hydrogen-bond donors (Lipinski definition) is 0. The van der Waals surface area contributed by atoms with Gasteiger partial charge in [-0.25, -0.2) is 9.97 Å². The summed E-state index contributed by atoms with van der Waals surface area (Å²) in [6.07, 6.45) is -0.402. The van der Waals surface area contributed by atoms with E-state index in [-0.39, 0.29) is 17.8 Å². The van der Waals surface area contributed by atoms with E-state index in [4.69, 9.17) is 18.5 Å². The summed E-state index contributed by atoms with van der Waals surface area (Å²) in [6.45, 7) is 0. The molecule has 0 saturated carbocycles. The summed E-state index contributed by atoms with van der Waals surface area (Å²) in [4.78, 5) is 15.8. The molecule has 15 aromatic rings. The van der Waals surface area contributed by atoms with Gasteiger partial charge in [-0.3, -0.25) is 4.98 Å². The summed E-state index contributed by atoms with van der Waals surface area (Å²) < 4.78 is 42.5. The van der Waals surface area contributed by atoms with Gasteiger partial charge in [0.2, 0.25) is 0 Å². The second-order valence-corrected chi connectivity index (χ2v) is 28.7.